The summed E-state index contributed by atoms with van der Waals surface area (Å²) in [5.74, 6) is -1.54. The number of nitrogens with one attached hydrogen (secondary N) is 1. The quantitative estimate of drug-likeness (QED) is 0.634. The minimum atomic E-state index is -0.754. The van der Waals surface area contributed by atoms with E-state index in [9.17, 15) is 14.4 Å². The Labute approximate surface area is 181 Å². The van der Waals surface area contributed by atoms with Crippen molar-refractivity contribution in [2.45, 2.75) is 39.2 Å². The van der Waals surface area contributed by atoms with Crippen LogP contribution in [0.4, 0.5) is 6.01 Å². The summed E-state index contributed by atoms with van der Waals surface area (Å²) in [6.07, 6.45) is 1.61. The third kappa shape index (κ3) is 5.96. The average Bonchev–Trinajstić information content (AvgIpc) is 3.20. The molecule has 0 radical (unpaired) electrons. The van der Waals surface area contributed by atoms with E-state index in [0.717, 1.165) is 11.1 Å². The summed E-state index contributed by atoms with van der Waals surface area (Å²) in [6.45, 7) is 4.68. The number of carbonyl (C=O) groups excluding carboxylic acids is 3. The molecule has 0 spiro atoms. The van der Waals surface area contributed by atoms with Gasteiger partial charge in [-0.05, 0) is 37.3 Å². The average molecular weight is 431 g/mol. The second-order valence-corrected chi connectivity index (χ2v) is 8.11. The summed E-state index contributed by atoms with van der Waals surface area (Å²) in [5, 5.41) is 2.58. The zero-order valence-corrected chi connectivity index (χ0v) is 18.1. The fraction of sp³-hybridized carbons (Fsp3) is 0.545. The molecule has 9 nitrogen and oxygen atoms in total. The summed E-state index contributed by atoms with van der Waals surface area (Å²) in [7, 11) is 1.27. The Balaban J connectivity index is 1.45. The van der Waals surface area contributed by atoms with Crippen molar-refractivity contribution in [3.05, 3.63) is 24.3 Å². The highest BCUT2D eigenvalue weighted by molar-refractivity contribution is 5.86. The summed E-state index contributed by atoms with van der Waals surface area (Å²) < 4.78 is 15.7. The molecule has 1 unspecified atom stereocenters. The molecule has 1 aromatic carbocycles. The lowest BCUT2D eigenvalue weighted by atomic mass is 9.97. The van der Waals surface area contributed by atoms with Crippen LogP contribution in [0, 0.1) is 11.8 Å². The second-order valence-electron chi connectivity index (χ2n) is 8.11. The molecule has 3 rings (SSSR count). The van der Waals surface area contributed by atoms with Crippen LogP contribution >= 0.6 is 0 Å². The predicted molar refractivity (Wildman–Crippen MR) is 113 cm³/mol. The molecule has 1 atom stereocenters. The topological polar surface area (TPSA) is 111 Å². The number of rotatable bonds is 8. The number of carbonyl (C=O) groups is 3. The van der Waals surface area contributed by atoms with E-state index in [0.29, 0.717) is 38.4 Å². The van der Waals surface area contributed by atoms with E-state index in [1.165, 1.54) is 7.11 Å². The molecule has 1 aliphatic rings. The van der Waals surface area contributed by atoms with Crippen molar-refractivity contribution in [2.75, 3.05) is 31.7 Å². The lowest BCUT2D eigenvalue weighted by Crippen LogP contribution is -2.44. The van der Waals surface area contributed by atoms with Crippen LogP contribution < -0.4 is 10.2 Å². The molecule has 1 aliphatic heterocycles. The molecule has 1 saturated heterocycles. The van der Waals surface area contributed by atoms with Crippen LogP contribution in [0.5, 0.6) is 0 Å². The van der Waals surface area contributed by atoms with Crippen LogP contribution in [0.2, 0.25) is 0 Å². The van der Waals surface area contributed by atoms with E-state index in [1.807, 2.05) is 43.0 Å². The number of methoxy groups -OCH3 is 1. The zero-order valence-electron chi connectivity index (χ0n) is 18.1. The first-order valence-corrected chi connectivity index (χ1v) is 10.5. The molecule has 1 aromatic heterocycles. The third-order valence-electron chi connectivity index (χ3n) is 5.25. The minimum absolute atomic E-state index is 0.193. The predicted octanol–water partition coefficient (Wildman–Crippen LogP) is 2.29. The van der Waals surface area contributed by atoms with Crippen molar-refractivity contribution < 1.29 is 28.3 Å². The fourth-order valence-electron chi connectivity index (χ4n) is 3.62. The Morgan fingerprint density at radius 3 is 2.58 bits per heavy atom. The minimum Gasteiger partial charge on any atom is -0.467 e. The number of para-hydroxylation sites is 2. The summed E-state index contributed by atoms with van der Waals surface area (Å²) in [5.41, 5.74) is 1.53. The number of fused-ring (bicyclic) bond motifs is 1. The van der Waals surface area contributed by atoms with Crippen LogP contribution in [0.1, 0.15) is 33.1 Å². The summed E-state index contributed by atoms with van der Waals surface area (Å²) in [4.78, 5) is 42.8. The van der Waals surface area contributed by atoms with Gasteiger partial charge in [0.1, 0.15) is 11.6 Å². The van der Waals surface area contributed by atoms with Gasteiger partial charge < -0.3 is 24.1 Å². The number of benzene rings is 1. The fourth-order valence-corrected chi connectivity index (χ4v) is 3.62. The maximum atomic E-state index is 12.4. The molecule has 1 amide bonds. The molecule has 31 heavy (non-hydrogen) atoms. The Hall–Kier alpha value is -3.10. The third-order valence-corrected chi connectivity index (χ3v) is 5.25. The van der Waals surface area contributed by atoms with Crippen LogP contribution in [0.15, 0.2) is 28.7 Å². The van der Waals surface area contributed by atoms with Gasteiger partial charge in [0, 0.05) is 13.1 Å². The standard InChI is InChI=1S/C22H29N3O6/c1-14(2)12-17(21(28)29-3)23-19(26)13-30-20(27)15-8-10-25(11-9-15)22-24-16-6-4-5-7-18(16)31-22/h4-7,14-15,17H,8-13H2,1-3H3,(H,23,26). The van der Waals surface area contributed by atoms with E-state index in [-0.39, 0.29) is 11.8 Å². The van der Waals surface area contributed by atoms with Gasteiger partial charge in [-0.15, -0.1) is 0 Å². The molecule has 0 aliphatic carbocycles. The van der Waals surface area contributed by atoms with Gasteiger partial charge in [-0.25, -0.2) is 4.79 Å². The van der Waals surface area contributed by atoms with Gasteiger partial charge >= 0.3 is 11.9 Å². The normalized spacial score (nSPS) is 15.7. The number of anilines is 1. The number of hydrogen-bond acceptors (Lipinski definition) is 8. The Morgan fingerprint density at radius 2 is 1.94 bits per heavy atom. The van der Waals surface area contributed by atoms with Crippen LogP contribution in [0.25, 0.3) is 11.1 Å². The number of hydrogen-bond donors (Lipinski definition) is 1. The van der Waals surface area contributed by atoms with E-state index >= 15 is 0 Å². The number of ether oxygens (including phenoxy) is 2. The van der Waals surface area contributed by atoms with Gasteiger partial charge in [-0.2, -0.15) is 4.98 Å². The molecule has 2 heterocycles. The maximum Gasteiger partial charge on any atom is 0.328 e. The van der Waals surface area contributed by atoms with Crippen molar-refractivity contribution in [3.8, 4) is 0 Å². The SMILES string of the molecule is COC(=O)C(CC(C)C)NC(=O)COC(=O)C1CCN(c2nc3ccccc3o2)CC1. The van der Waals surface area contributed by atoms with Crippen molar-refractivity contribution in [1.82, 2.24) is 10.3 Å². The number of nitrogens with zero attached hydrogens (tertiary/aromatic N) is 2. The smallest absolute Gasteiger partial charge is 0.328 e. The van der Waals surface area contributed by atoms with Gasteiger partial charge in [0.25, 0.3) is 11.9 Å². The Kier molecular flexibility index (Phi) is 7.49. The number of amides is 1. The van der Waals surface area contributed by atoms with E-state index in [4.69, 9.17) is 13.9 Å². The highest BCUT2D eigenvalue weighted by atomic mass is 16.5. The first-order chi connectivity index (χ1) is 14.9. The Bertz CT molecular complexity index is 884. The zero-order chi connectivity index (χ0) is 22.4. The van der Waals surface area contributed by atoms with Gasteiger partial charge in [0.15, 0.2) is 12.2 Å². The van der Waals surface area contributed by atoms with Crippen molar-refractivity contribution in [2.24, 2.45) is 11.8 Å². The monoisotopic (exact) mass is 431 g/mol. The van der Waals surface area contributed by atoms with E-state index < -0.39 is 30.5 Å². The van der Waals surface area contributed by atoms with Gasteiger partial charge in [0.2, 0.25) is 0 Å². The number of piperidine rings is 1. The van der Waals surface area contributed by atoms with Gasteiger partial charge in [0.05, 0.1) is 13.0 Å². The molecule has 0 bridgehead atoms. The molecule has 2 aromatic rings. The largest absolute Gasteiger partial charge is 0.467 e. The molecule has 9 heteroatoms. The Morgan fingerprint density at radius 1 is 1.23 bits per heavy atom. The molecular weight excluding hydrogens is 402 g/mol. The molecule has 1 fully saturated rings. The number of oxazole rings is 1. The molecule has 1 N–H and O–H groups in total. The second kappa shape index (κ2) is 10.3. The summed E-state index contributed by atoms with van der Waals surface area (Å²) >= 11 is 0. The number of aromatic nitrogens is 1. The molecule has 0 saturated carbocycles. The first-order valence-electron chi connectivity index (χ1n) is 10.5. The number of esters is 2. The highest BCUT2D eigenvalue weighted by Crippen LogP contribution is 2.26. The van der Waals surface area contributed by atoms with Gasteiger partial charge in [-0.3, -0.25) is 9.59 Å². The van der Waals surface area contributed by atoms with Crippen LogP contribution in [-0.2, 0) is 23.9 Å². The highest BCUT2D eigenvalue weighted by Gasteiger charge is 2.29. The molecule has 168 valence electrons. The van der Waals surface area contributed by atoms with Crippen LogP contribution in [-0.4, -0.2) is 55.7 Å². The maximum absolute atomic E-state index is 12.4. The lowest BCUT2D eigenvalue weighted by molar-refractivity contribution is -0.154. The van der Waals surface area contributed by atoms with Crippen molar-refractivity contribution >= 4 is 35.0 Å². The van der Waals surface area contributed by atoms with E-state index in [2.05, 4.69) is 10.3 Å². The molecular formula is C22H29N3O6. The van der Waals surface area contributed by atoms with Crippen LogP contribution in [0.3, 0.4) is 0 Å². The first kappa shape index (κ1) is 22.6. The van der Waals surface area contributed by atoms with Crippen molar-refractivity contribution in [3.63, 3.8) is 0 Å². The van der Waals surface area contributed by atoms with Gasteiger partial charge in [-0.1, -0.05) is 26.0 Å². The van der Waals surface area contributed by atoms with Crippen molar-refractivity contribution in [1.29, 1.82) is 0 Å². The lowest BCUT2D eigenvalue weighted by Gasteiger charge is -2.29. The summed E-state index contributed by atoms with van der Waals surface area (Å²) in [6, 6.07) is 7.35. The van der Waals surface area contributed by atoms with E-state index in [1.54, 1.807) is 0 Å².